The summed E-state index contributed by atoms with van der Waals surface area (Å²) in [5, 5.41) is 10.7. The summed E-state index contributed by atoms with van der Waals surface area (Å²) >= 11 is 0. The van der Waals surface area contributed by atoms with Crippen molar-refractivity contribution in [2.45, 2.75) is 497 Å². The molecule has 0 aromatic rings. The number of phosphoric ester groups is 2. The highest BCUT2D eigenvalue weighted by molar-refractivity contribution is 7.47. The van der Waals surface area contributed by atoms with E-state index in [4.69, 9.17) is 37.0 Å². The van der Waals surface area contributed by atoms with E-state index >= 15 is 0 Å². The second-order valence-corrected chi connectivity index (χ2v) is 37.0. The fraction of sp³-hybridized carbons (Fsp3) is 0.956. The van der Waals surface area contributed by atoms with E-state index in [1.165, 1.54) is 283 Å². The number of ether oxygens (including phenoxy) is 4. The summed E-state index contributed by atoms with van der Waals surface area (Å²) in [6, 6.07) is 0. The summed E-state index contributed by atoms with van der Waals surface area (Å²) in [7, 11) is -9.94. The van der Waals surface area contributed by atoms with Crippen molar-refractivity contribution >= 4 is 39.5 Å². The first-order valence-electron chi connectivity index (χ1n) is 46.8. The van der Waals surface area contributed by atoms with Crippen molar-refractivity contribution in [2.24, 2.45) is 23.7 Å². The van der Waals surface area contributed by atoms with Crippen LogP contribution in [0, 0.1) is 23.7 Å². The number of aliphatic hydroxyl groups is 1. The number of rotatable bonds is 88. The van der Waals surface area contributed by atoms with E-state index in [1.54, 1.807) is 0 Å². The molecule has 0 saturated heterocycles. The number of phosphoric acid groups is 2. The monoisotopic (exact) mass is 1610 g/mol. The molecule has 19 heteroatoms. The van der Waals surface area contributed by atoms with Gasteiger partial charge in [-0.3, -0.25) is 37.3 Å². The summed E-state index contributed by atoms with van der Waals surface area (Å²) in [5.74, 6) is 1.17. The van der Waals surface area contributed by atoms with Gasteiger partial charge in [-0.05, 0) is 49.4 Å². The standard InChI is InChI=1S/C91H178O17P2/c1-9-83(7)69-61-53-45-37-29-23-17-13-11-12-14-18-26-32-40-49-57-65-73-90(95)107-86(77-101-88(93)71-63-55-47-39-31-25-19-15-16-22-28-35-43-51-59-67-81(3)4)79-105-109(97,98)103-75-85(92)76-104-110(99,100)106-80-87(78-102-89(94)72-64-56-48-42-34-36-44-52-60-68-82(5)6)108-91(96)74-66-58-50-41-33-27-21-20-24-30-38-46-54-62-70-84(8)10-2/h81-87,92H,9-80H2,1-8H3,(H,97,98)(H,99,100)/t83?,84?,85-,86-,87-/m1/s1. The molecule has 0 aliphatic rings. The number of carbonyl (C=O) groups excluding carboxylic acids is 4. The first-order chi connectivity index (χ1) is 53.2. The Balaban J connectivity index is 5.26. The third kappa shape index (κ3) is 81.2. The number of aliphatic hydroxyl groups excluding tert-OH is 1. The van der Waals surface area contributed by atoms with E-state index in [0.29, 0.717) is 25.7 Å². The van der Waals surface area contributed by atoms with Crippen LogP contribution in [0.3, 0.4) is 0 Å². The van der Waals surface area contributed by atoms with Crippen LogP contribution in [0.5, 0.6) is 0 Å². The molecule has 7 atom stereocenters. The summed E-state index contributed by atoms with van der Waals surface area (Å²) < 4.78 is 69.1. The lowest BCUT2D eigenvalue weighted by molar-refractivity contribution is -0.161. The van der Waals surface area contributed by atoms with Crippen LogP contribution in [0.4, 0.5) is 0 Å². The Labute approximate surface area is 677 Å². The Morgan fingerprint density at radius 1 is 0.255 bits per heavy atom. The first kappa shape index (κ1) is 108. The van der Waals surface area contributed by atoms with E-state index in [0.717, 1.165) is 114 Å². The van der Waals surface area contributed by atoms with Crippen molar-refractivity contribution in [2.75, 3.05) is 39.6 Å². The molecule has 0 radical (unpaired) electrons. The zero-order chi connectivity index (χ0) is 80.9. The van der Waals surface area contributed by atoms with Crippen molar-refractivity contribution in [3.05, 3.63) is 0 Å². The summed E-state index contributed by atoms with van der Waals surface area (Å²) in [6.07, 6.45) is 70.7. The van der Waals surface area contributed by atoms with Gasteiger partial charge in [0.2, 0.25) is 0 Å². The van der Waals surface area contributed by atoms with Crippen LogP contribution in [0.2, 0.25) is 0 Å². The lowest BCUT2D eigenvalue weighted by Gasteiger charge is -2.21. The smallest absolute Gasteiger partial charge is 0.462 e. The second-order valence-electron chi connectivity index (χ2n) is 34.1. The highest BCUT2D eigenvalue weighted by Gasteiger charge is 2.31. The molecule has 110 heavy (non-hydrogen) atoms. The Bertz CT molecular complexity index is 2130. The van der Waals surface area contributed by atoms with E-state index < -0.39 is 97.5 Å². The minimum Gasteiger partial charge on any atom is -0.462 e. The first-order valence-corrected chi connectivity index (χ1v) is 49.8. The molecule has 0 fully saturated rings. The maximum absolute atomic E-state index is 13.2. The normalized spacial score (nSPS) is 14.3. The van der Waals surface area contributed by atoms with Crippen LogP contribution in [0.1, 0.15) is 479 Å². The van der Waals surface area contributed by atoms with Crippen molar-refractivity contribution < 1.29 is 80.2 Å². The molecule has 0 heterocycles. The van der Waals surface area contributed by atoms with Gasteiger partial charge in [0.15, 0.2) is 12.2 Å². The molecule has 0 aliphatic carbocycles. The van der Waals surface area contributed by atoms with Crippen molar-refractivity contribution in [3.8, 4) is 0 Å². The molecular weight excluding hydrogens is 1430 g/mol. The Morgan fingerprint density at radius 2 is 0.436 bits per heavy atom. The van der Waals surface area contributed by atoms with E-state index in [-0.39, 0.29) is 25.7 Å². The molecule has 0 saturated carbocycles. The van der Waals surface area contributed by atoms with Crippen LogP contribution in [0.25, 0.3) is 0 Å². The van der Waals surface area contributed by atoms with E-state index in [1.807, 2.05) is 0 Å². The highest BCUT2D eigenvalue weighted by atomic mass is 31.2. The van der Waals surface area contributed by atoms with Gasteiger partial charge in [0, 0.05) is 25.7 Å². The fourth-order valence-corrected chi connectivity index (χ4v) is 15.7. The predicted octanol–water partition coefficient (Wildman–Crippen LogP) is 27.9. The van der Waals surface area contributed by atoms with Gasteiger partial charge in [0.05, 0.1) is 26.4 Å². The number of unbranched alkanes of at least 4 members (excludes halogenated alkanes) is 52. The molecular formula is C91H178O17P2. The average Bonchev–Trinajstić information content (AvgIpc) is 0.902. The topological polar surface area (TPSA) is 237 Å². The summed E-state index contributed by atoms with van der Waals surface area (Å²) in [4.78, 5) is 73.4. The highest BCUT2D eigenvalue weighted by Crippen LogP contribution is 2.45. The van der Waals surface area contributed by atoms with Gasteiger partial charge in [-0.1, -0.05) is 428 Å². The molecule has 654 valence electrons. The Hall–Kier alpha value is -1.94. The lowest BCUT2D eigenvalue weighted by Crippen LogP contribution is -2.30. The Morgan fingerprint density at radius 3 is 0.645 bits per heavy atom. The molecule has 4 unspecified atom stereocenters. The van der Waals surface area contributed by atoms with E-state index in [9.17, 15) is 43.2 Å². The minimum atomic E-state index is -4.97. The summed E-state index contributed by atoms with van der Waals surface area (Å²) in [5.41, 5.74) is 0. The van der Waals surface area contributed by atoms with E-state index in [2.05, 4.69) is 55.4 Å². The van der Waals surface area contributed by atoms with Crippen LogP contribution in [-0.2, 0) is 65.4 Å². The molecule has 17 nitrogen and oxygen atoms in total. The molecule has 0 aromatic carbocycles. The summed E-state index contributed by atoms with van der Waals surface area (Å²) in [6.45, 7) is 14.4. The molecule has 0 aromatic heterocycles. The Kier molecular flexibility index (Phi) is 78.1. The maximum atomic E-state index is 13.2. The SMILES string of the molecule is CCC(C)CCCCCCCCCCCCCCCCCCCCC(=O)O[C@H](COC(=O)CCCCCCCCCCCCCCCCCC(C)C)COP(=O)(O)OC[C@@H](O)COP(=O)(O)OC[C@@H](COC(=O)CCCCCCCCCCCC(C)C)OC(=O)CCCCCCCCCCCCCCCCC(C)CC. The largest absolute Gasteiger partial charge is 0.472 e. The van der Waals surface area contributed by atoms with Gasteiger partial charge in [0.1, 0.15) is 19.3 Å². The van der Waals surface area contributed by atoms with Gasteiger partial charge in [0.25, 0.3) is 0 Å². The lowest BCUT2D eigenvalue weighted by atomic mass is 9.99. The minimum absolute atomic E-state index is 0.107. The molecule has 0 spiro atoms. The van der Waals surface area contributed by atoms with Crippen LogP contribution in [0.15, 0.2) is 0 Å². The van der Waals surface area contributed by atoms with Gasteiger partial charge in [-0.25, -0.2) is 9.13 Å². The van der Waals surface area contributed by atoms with Crippen LogP contribution < -0.4 is 0 Å². The van der Waals surface area contributed by atoms with Crippen LogP contribution in [-0.4, -0.2) is 96.7 Å². The van der Waals surface area contributed by atoms with Crippen molar-refractivity contribution in [1.29, 1.82) is 0 Å². The molecule has 0 amide bonds. The van der Waals surface area contributed by atoms with Gasteiger partial charge < -0.3 is 33.8 Å². The van der Waals surface area contributed by atoms with Crippen LogP contribution >= 0.6 is 15.6 Å². The van der Waals surface area contributed by atoms with Gasteiger partial charge in [-0.2, -0.15) is 0 Å². The quantitative estimate of drug-likeness (QED) is 0.0222. The van der Waals surface area contributed by atoms with Gasteiger partial charge >= 0.3 is 39.5 Å². The third-order valence-electron chi connectivity index (χ3n) is 22.0. The zero-order valence-electron chi connectivity index (χ0n) is 72.9. The van der Waals surface area contributed by atoms with Gasteiger partial charge in [-0.15, -0.1) is 0 Å². The maximum Gasteiger partial charge on any atom is 0.472 e. The fourth-order valence-electron chi connectivity index (χ4n) is 14.1. The zero-order valence-corrected chi connectivity index (χ0v) is 74.7. The number of carbonyl (C=O) groups is 4. The molecule has 0 bridgehead atoms. The van der Waals surface area contributed by atoms with Crippen molar-refractivity contribution in [3.63, 3.8) is 0 Å². The second kappa shape index (κ2) is 79.5. The molecule has 0 rings (SSSR count). The number of hydrogen-bond donors (Lipinski definition) is 3. The molecule has 3 N–H and O–H groups in total. The average molecular weight is 1610 g/mol. The third-order valence-corrected chi connectivity index (χ3v) is 23.9. The molecule has 0 aliphatic heterocycles. The number of hydrogen-bond acceptors (Lipinski definition) is 15. The van der Waals surface area contributed by atoms with Crippen molar-refractivity contribution in [1.82, 2.24) is 0 Å². The predicted molar refractivity (Wildman–Crippen MR) is 455 cm³/mol. The number of esters is 4.